The normalized spacial score (nSPS) is 12.4. The van der Waals surface area contributed by atoms with E-state index in [9.17, 15) is 9.59 Å². The standard InChI is InChI=1S/C17H26N2O4/c1-12(19-16(21)23-17(2,3)4)10-18-11-13-6-8-14(9-7-13)15(20)22-5/h6-9,12,18H,10-11H2,1-5H3,(H,19,21). The Balaban J connectivity index is 2.33. The number of carbonyl (C=O) groups is 2. The van der Waals surface area contributed by atoms with Crippen molar-refractivity contribution in [3.8, 4) is 0 Å². The Hall–Kier alpha value is -2.08. The minimum absolute atomic E-state index is 0.0563. The molecular formula is C17H26N2O4. The van der Waals surface area contributed by atoms with Gasteiger partial charge in [0.15, 0.2) is 0 Å². The highest BCUT2D eigenvalue weighted by atomic mass is 16.6. The molecule has 1 rings (SSSR count). The SMILES string of the molecule is COC(=O)c1ccc(CNCC(C)NC(=O)OC(C)(C)C)cc1. The van der Waals surface area contributed by atoms with E-state index in [2.05, 4.69) is 15.4 Å². The van der Waals surface area contributed by atoms with Crippen molar-refractivity contribution in [1.29, 1.82) is 0 Å². The highest BCUT2D eigenvalue weighted by Crippen LogP contribution is 2.07. The molecule has 1 unspecified atom stereocenters. The number of amides is 1. The molecule has 1 amide bonds. The molecule has 0 radical (unpaired) electrons. The van der Waals surface area contributed by atoms with Crippen LogP contribution >= 0.6 is 0 Å². The lowest BCUT2D eigenvalue weighted by Crippen LogP contribution is -2.42. The van der Waals surface area contributed by atoms with Gasteiger partial charge in [0, 0.05) is 19.1 Å². The van der Waals surface area contributed by atoms with Crippen molar-refractivity contribution in [3.05, 3.63) is 35.4 Å². The molecule has 0 saturated heterocycles. The molecule has 0 aliphatic heterocycles. The first-order valence-electron chi connectivity index (χ1n) is 7.59. The van der Waals surface area contributed by atoms with Gasteiger partial charge in [-0.15, -0.1) is 0 Å². The number of alkyl carbamates (subject to hydrolysis) is 1. The van der Waals surface area contributed by atoms with Gasteiger partial charge in [-0.05, 0) is 45.4 Å². The van der Waals surface area contributed by atoms with E-state index in [0.29, 0.717) is 18.7 Å². The van der Waals surface area contributed by atoms with E-state index in [4.69, 9.17) is 4.74 Å². The predicted molar refractivity (Wildman–Crippen MR) is 88.3 cm³/mol. The van der Waals surface area contributed by atoms with E-state index in [1.54, 1.807) is 12.1 Å². The Morgan fingerprint density at radius 2 is 1.78 bits per heavy atom. The first kappa shape index (κ1) is 19.0. The molecule has 6 nitrogen and oxygen atoms in total. The Labute approximate surface area is 137 Å². The van der Waals surface area contributed by atoms with Crippen molar-refractivity contribution >= 4 is 12.1 Å². The molecule has 0 spiro atoms. The van der Waals surface area contributed by atoms with Crippen molar-refractivity contribution in [2.45, 2.75) is 45.9 Å². The maximum absolute atomic E-state index is 11.6. The first-order valence-corrected chi connectivity index (χ1v) is 7.59. The summed E-state index contributed by atoms with van der Waals surface area (Å²) in [6.07, 6.45) is -0.422. The number of nitrogens with one attached hydrogen (secondary N) is 2. The molecule has 2 N–H and O–H groups in total. The van der Waals surface area contributed by atoms with Gasteiger partial charge in [-0.1, -0.05) is 12.1 Å². The van der Waals surface area contributed by atoms with Crippen LogP contribution < -0.4 is 10.6 Å². The quantitative estimate of drug-likeness (QED) is 0.787. The van der Waals surface area contributed by atoms with Crippen LogP contribution in [0.1, 0.15) is 43.6 Å². The maximum atomic E-state index is 11.6. The average Bonchev–Trinajstić information content (AvgIpc) is 2.45. The van der Waals surface area contributed by atoms with Crippen LogP contribution in [0, 0.1) is 0 Å². The fourth-order valence-corrected chi connectivity index (χ4v) is 1.87. The molecule has 0 aromatic heterocycles. The highest BCUT2D eigenvalue weighted by molar-refractivity contribution is 5.89. The summed E-state index contributed by atoms with van der Waals surface area (Å²) < 4.78 is 9.85. The molecule has 23 heavy (non-hydrogen) atoms. The largest absolute Gasteiger partial charge is 0.465 e. The highest BCUT2D eigenvalue weighted by Gasteiger charge is 2.17. The molecule has 0 fully saturated rings. The van der Waals surface area contributed by atoms with Crippen molar-refractivity contribution in [2.75, 3.05) is 13.7 Å². The number of benzene rings is 1. The molecular weight excluding hydrogens is 296 g/mol. The molecule has 128 valence electrons. The van der Waals surface area contributed by atoms with Crippen LogP contribution in [-0.2, 0) is 16.0 Å². The van der Waals surface area contributed by atoms with E-state index >= 15 is 0 Å². The topological polar surface area (TPSA) is 76.7 Å². The Morgan fingerprint density at radius 1 is 1.17 bits per heavy atom. The van der Waals surface area contributed by atoms with Crippen LogP contribution in [0.2, 0.25) is 0 Å². The Bertz CT molecular complexity index is 520. The van der Waals surface area contributed by atoms with Gasteiger partial charge in [-0.2, -0.15) is 0 Å². The fourth-order valence-electron chi connectivity index (χ4n) is 1.87. The van der Waals surface area contributed by atoms with Gasteiger partial charge in [0.25, 0.3) is 0 Å². The van der Waals surface area contributed by atoms with Gasteiger partial charge in [0.1, 0.15) is 5.60 Å². The minimum atomic E-state index is -0.501. The lowest BCUT2D eigenvalue weighted by molar-refractivity contribution is 0.0507. The third-order valence-corrected chi connectivity index (χ3v) is 2.92. The summed E-state index contributed by atoms with van der Waals surface area (Å²) in [6.45, 7) is 8.63. The summed E-state index contributed by atoms with van der Waals surface area (Å²) in [5.41, 5.74) is 1.07. The molecule has 0 heterocycles. The second-order valence-electron chi connectivity index (χ2n) is 6.37. The van der Waals surface area contributed by atoms with Gasteiger partial charge < -0.3 is 20.1 Å². The molecule has 1 atom stereocenters. The number of hydrogen-bond donors (Lipinski definition) is 2. The second-order valence-corrected chi connectivity index (χ2v) is 6.37. The molecule has 6 heteroatoms. The van der Waals surface area contributed by atoms with Crippen molar-refractivity contribution in [2.24, 2.45) is 0 Å². The number of esters is 1. The lowest BCUT2D eigenvalue weighted by atomic mass is 10.1. The summed E-state index contributed by atoms with van der Waals surface area (Å²) >= 11 is 0. The van der Waals surface area contributed by atoms with Gasteiger partial charge in [-0.25, -0.2) is 9.59 Å². The summed E-state index contributed by atoms with van der Waals surface area (Å²) in [6, 6.07) is 7.13. The summed E-state index contributed by atoms with van der Waals surface area (Å²) in [4.78, 5) is 23.0. The zero-order chi connectivity index (χ0) is 17.5. The number of hydrogen-bond acceptors (Lipinski definition) is 5. The smallest absolute Gasteiger partial charge is 0.407 e. The van der Waals surface area contributed by atoms with Crippen LogP contribution in [0.4, 0.5) is 4.79 Å². The Kier molecular flexibility index (Phi) is 7.03. The van der Waals surface area contributed by atoms with Crippen molar-refractivity contribution in [3.63, 3.8) is 0 Å². The third-order valence-electron chi connectivity index (χ3n) is 2.92. The van der Waals surface area contributed by atoms with E-state index in [1.807, 2.05) is 39.8 Å². The van der Waals surface area contributed by atoms with E-state index in [-0.39, 0.29) is 12.0 Å². The molecule has 0 bridgehead atoms. The van der Waals surface area contributed by atoms with E-state index < -0.39 is 11.7 Å². The third kappa shape index (κ3) is 7.65. The fraction of sp³-hybridized carbons (Fsp3) is 0.529. The van der Waals surface area contributed by atoms with Gasteiger partial charge in [0.05, 0.1) is 12.7 Å². The first-order chi connectivity index (χ1) is 10.7. The predicted octanol–water partition coefficient (Wildman–Crippen LogP) is 2.48. The number of methoxy groups -OCH3 is 1. The second kappa shape index (κ2) is 8.53. The molecule has 1 aromatic carbocycles. The number of rotatable bonds is 6. The van der Waals surface area contributed by atoms with E-state index in [0.717, 1.165) is 5.56 Å². The van der Waals surface area contributed by atoms with Crippen LogP contribution in [0.25, 0.3) is 0 Å². The monoisotopic (exact) mass is 322 g/mol. The molecule has 0 aliphatic carbocycles. The van der Waals surface area contributed by atoms with Crippen molar-refractivity contribution in [1.82, 2.24) is 10.6 Å². The van der Waals surface area contributed by atoms with Crippen LogP contribution in [0.3, 0.4) is 0 Å². The van der Waals surface area contributed by atoms with Crippen molar-refractivity contribution < 1.29 is 19.1 Å². The van der Waals surface area contributed by atoms with Gasteiger partial charge in [0.2, 0.25) is 0 Å². The number of ether oxygens (including phenoxy) is 2. The average molecular weight is 322 g/mol. The minimum Gasteiger partial charge on any atom is -0.465 e. The maximum Gasteiger partial charge on any atom is 0.407 e. The van der Waals surface area contributed by atoms with Crippen LogP contribution in [0.5, 0.6) is 0 Å². The van der Waals surface area contributed by atoms with Crippen LogP contribution in [0.15, 0.2) is 24.3 Å². The molecule has 1 aromatic rings. The summed E-state index contributed by atoms with van der Waals surface area (Å²) in [5.74, 6) is -0.348. The summed E-state index contributed by atoms with van der Waals surface area (Å²) in [7, 11) is 1.36. The van der Waals surface area contributed by atoms with Gasteiger partial charge in [-0.3, -0.25) is 0 Å². The number of carbonyl (C=O) groups excluding carboxylic acids is 2. The lowest BCUT2D eigenvalue weighted by Gasteiger charge is -2.22. The molecule has 0 aliphatic rings. The molecule has 0 saturated carbocycles. The zero-order valence-electron chi connectivity index (χ0n) is 14.4. The summed E-state index contributed by atoms with van der Waals surface area (Å²) in [5, 5.41) is 6.02. The van der Waals surface area contributed by atoms with Gasteiger partial charge >= 0.3 is 12.1 Å². The van der Waals surface area contributed by atoms with Crippen LogP contribution in [-0.4, -0.2) is 37.4 Å². The Morgan fingerprint density at radius 3 is 2.30 bits per heavy atom. The van der Waals surface area contributed by atoms with E-state index in [1.165, 1.54) is 7.11 Å². The zero-order valence-corrected chi connectivity index (χ0v) is 14.4.